The van der Waals surface area contributed by atoms with Crippen LogP contribution in [0.4, 0.5) is 0 Å². The second-order valence-electron chi connectivity index (χ2n) is 19.0. The molecule has 0 rings (SSSR count). The van der Waals surface area contributed by atoms with Gasteiger partial charge in [0.1, 0.15) is 0 Å². The van der Waals surface area contributed by atoms with E-state index < -0.39 is 0 Å². The Balaban J connectivity index is 3.08. The lowest BCUT2D eigenvalue weighted by atomic mass is 10.0. The summed E-state index contributed by atoms with van der Waals surface area (Å²) in [6.07, 6.45) is 22.1. The van der Waals surface area contributed by atoms with Crippen molar-refractivity contribution in [2.24, 2.45) is 5.73 Å². The van der Waals surface area contributed by atoms with Crippen molar-refractivity contribution >= 4 is 0 Å². The molecule has 82 heavy (non-hydrogen) atoms. The molecule has 2 N–H and O–H groups in total. The van der Waals surface area contributed by atoms with Gasteiger partial charge in [-0.15, -0.1) is 0 Å². The van der Waals surface area contributed by atoms with Gasteiger partial charge < -0.3 is 105 Å². The van der Waals surface area contributed by atoms with Gasteiger partial charge >= 0.3 is 0 Å². The van der Waals surface area contributed by atoms with Gasteiger partial charge in [0.15, 0.2) is 0 Å². The Kier molecular flexibility index (Phi) is 79.3. The Labute approximate surface area is 497 Å². The minimum absolute atomic E-state index is 0.492. The maximum absolute atomic E-state index is 5.71. The van der Waals surface area contributed by atoms with E-state index in [0.29, 0.717) is 277 Å². The van der Waals surface area contributed by atoms with Crippen molar-refractivity contribution < 1.29 is 99.5 Å². The fourth-order valence-corrected chi connectivity index (χ4v) is 7.34. The molecular weight excluding hydrogens is 1070 g/mol. The molecule has 0 bridgehead atoms. The van der Waals surface area contributed by atoms with Crippen molar-refractivity contribution in [1.29, 1.82) is 0 Å². The largest absolute Gasteiger partial charge is 0.379 e. The third kappa shape index (κ3) is 79.1. The van der Waals surface area contributed by atoms with E-state index in [0.717, 1.165) is 13.0 Å². The molecule has 0 saturated carbocycles. The molecule has 0 fully saturated rings. The first-order valence-corrected chi connectivity index (χ1v) is 31.7. The van der Waals surface area contributed by atoms with Gasteiger partial charge in [-0.3, -0.25) is 0 Å². The summed E-state index contributed by atoms with van der Waals surface area (Å²) in [6.45, 7) is 24.7. The molecule has 0 aliphatic carbocycles. The van der Waals surface area contributed by atoms with Crippen molar-refractivity contribution in [2.45, 2.75) is 110 Å². The van der Waals surface area contributed by atoms with E-state index in [1.165, 1.54) is 96.3 Å². The zero-order valence-electron chi connectivity index (χ0n) is 51.9. The van der Waals surface area contributed by atoms with Crippen LogP contribution in [0.15, 0.2) is 0 Å². The molecule has 494 valence electrons. The van der Waals surface area contributed by atoms with Gasteiger partial charge in [-0.05, 0) is 6.42 Å². The molecule has 0 aromatic heterocycles. The SMILES string of the molecule is CCCCCCCCCCCCCCCCCCOCCOCCOCCOCCOCCOCCOCCOCCOCCOCCOCCOCCOCCOCCOCCOCCOCCOCCOCCOCCOCCN. The summed E-state index contributed by atoms with van der Waals surface area (Å²) in [5, 5.41) is 0. The summed E-state index contributed by atoms with van der Waals surface area (Å²) < 4.78 is 116. The van der Waals surface area contributed by atoms with E-state index >= 15 is 0 Å². The average molecular weight is 1190 g/mol. The lowest BCUT2D eigenvalue weighted by molar-refractivity contribution is -0.0316. The first-order valence-electron chi connectivity index (χ1n) is 31.7. The van der Waals surface area contributed by atoms with Crippen molar-refractivity contribution in [2.75, 3.05) is 284 Å². The first kappa shape index (κ1) is 81.1. The molecular formula is C60H123NO21. The highest BCUT2D eigenvalue weighted by molar-refractivity contribution is 4.51. The summed E-state index contributed by atoms with van der Waals surface area (Å²) in [5.74, 6) is 0. The highest BCUT2D eigenvalue weighted by atomic mass is 16.6. The van der Waals surface area contributed by atoms with E-state index in [9.17, 15) is 0 Å². The van der Waals surface area contributed by atoms with Gasteiger partial charge in [-0.2, -0.15) is 0 Å². The van der Waals surface area contributed by atoms with Crippen LogP contribution in [0, 0.1) is 0 Å². The molecule has 0 aliphatic rings. The minimum Gasteiger partial charge on any atom is -0.379 e. The summed E-state index contributed by atoms with van der Waals surface area (Å²) in [6, 6.07) is 0. The predicted molar refractivity (Wildman–Crippen MR) is 316 cm³/mol. The second-order valence-corrected chi connectivity index (χ2v) is 19.0. The maximum atomic E-state index is 5.71. The molecule has 22 heteroatoms. The quantitative estimate of drug-likeness (QED) is 0.0638. The van der Waals surface area contributed by atoms with E-state index in [4.69, 9.17) is 105 Å². The van der Waals surface area contributed by atoms with Crippen LogP contribution in [0.5, 0.6) is 0 Å². The van der Waals surface area contributed by atoms with Crippen LogP contribution in [-0.4, -0.2) is 284 Å². The number of ether oxygens (including phenoxy) is 21. The summed E-state index contributed by atoms with van der Waals surface area (Å²) in [5.41, 5.74) is 5.35. The predicted octanol–water partition coefficient (Wildman–Crippen LogP) is 6.56. The highest BCUT2D eigenvalue weighted by Gasteiger charge is 2.01. The van der Waals surface area contributed by atoms with Crippen LogP contribution >= 0.6 is 0 Å². The van der Waals surface area contributed by atoms with Crippen LogP contribution in [-0.2, 0) is 99.5 Å². The first-order chi connectivity index (χ1) is 40.9. The van der Waals surface area contributed by atoms with Gasteiger partial charge in [-0.25, -0.2) is 0 Å². The summed E-state index contributed by atoms with van der Waals surface area (Å²) >= 11 is 0. The van der Waals surface area contributed by atoms with E-state index in [2.05, 4.69) is 6.92 Å². The molecule has 0 saturated heterocycles. The Morgan fingerprint density at radius 1 is 0.134 bits per heavy atom. The maximum Gasteiger partial charge on any atom is 0.0701 e. The third-order valence-corrected chi connectivity index (χ3v) is 11.8. The minimum atomic E-state index is 0.492. The molecule has 0 heterocycles. The molecule has 0 amide bonds. The van der Waals surface area contributed by atoms with E-state index in [1.54, 1.807) is 0 Å². The van der Waals surface area contributed by atoms with Gasteiger partial charge in [-0.1, -0.05) is 103 Å². The Morgan fingerprint density at radius 3 is 0.378 bits per heavy atom. The number of nitrogens with two attached hydrogens (primary N) is 1. The smallest absolute Gasteiger partial charge is 0.0701 e. The Morgan fingerprint density at radius 2 is 0.244 bits per heavy atom. The fraction of sp³-hybridized carbons (Fsp3) is 1.00. The molecule has 0 radical (unpaired) electrons. The van der Waals surface area contributed by atoms with Gasteiger partial charge in [0.05, 0.1) is 271 Å². The fourth-order valence-electron chi connectivity index (χ4n) is 7.34. The van der Waals surface area contributed by atoms with Gasteiger partial charge in [0, 0.05) is 13.2 Å². The normalized spacial score (nSPS) is 11.8. The molecule has 0 aliphatic heterocycles. The molecule has 0 unspecified atom stereocenters. The average Bonchev–Trinajstić information content (AvgIpc) is 3.48. The van der Waals surface area contributed by atoms with E-state index in [1.807, 2.05) is 0 Å². The van der Waals surface area contributed by atoms with E-state index in [-0.39, 0.29) is 0 Å². The molecule has 0 spiro atoms. The van der Waals surface area contributed by atoms with Crippen LogP contribution in [0.25, 0.3) is 0 Å². The zero-order chi connectivity index (χ0) is 58.6. The standard InChI is InChI=1S/C60H123NO21/c1-2-3-4-5-6-7-8-9-10-11-12-13-14-15-16-17-19-62-21-23-64-25-27-66-29-31-68-33-35-70-37-39-72-41-43-74-45-47-76-49-51-78-53-55-80-57-59-82-60-58-81-56-54-79-52-50-77-48-46-75-44-42-73-40-38-71-36-34-69-32-30-67-28-26-65-24-22-63-20-18-61/h2-61H2,1H3. The van der Waals surface area contributed by atoms with Crippen molar-refractivity contribution in [1.82, 2.24) is 0 Å². The zero-order valence-corrected chi connectivity index (χ0v) is 51.9. The topological polar surface area (TPSA) is 220 Å². The lowest BCUT2D eigenvalue weighted by Crippen LogP contribution is -2.16. The number of rotatable bonds is 79. The second kappa shape index (κ2) is 80.1. The third-order valence-electron chi connectivity index (χ3n) is 11.8. The number of hydrogen-bond acceptors (Lipinski definition) is 22. The van der Waals surface area contributed by atoms with Crippen molar-refractivity contribution in [3.05, 3.63) is 0 Å². The van der Waals surface area contributed by atoms with Crippen LogP contribution in [0.3, 0.4) is 0 Å². The van der Waals surface area contributed by atoms with Crippen molar-refractivity contribution in [3.63, 3.8) is 0 Å². The van der Waals surface area contributed by atoms with Gasteiger partial charge in [0.25, 0.3) is 0 Å². The lowest BCUT2D eigenvalue weighted by Gasteiger charge is -2.09. The molecule has 22 nitrogen and oxygen atoms in total. The Hall–Kier alpha value is -0.880. The highest BCUT2D eigenvalue weighted by Crippen LogP contribution is 2.14. The monoisotopic (exact) mass is 1190 g/mol. The van der Waals surface area contributed by atoms with Crippen LogP contribution < -0.4 is 5.73 Å². The summed E-state index contributed by atoms with van der Waals surface area (Å²) in [4.78, 5) is 0. The van der Waals surface area contributed by atoms with Crippen LogP contribution in [0.1, 0.15) is 110 Å². The Bertz CT molecular complexity index is 1010. The van der Waals surface area contributed by atoms with Crippen LogP contribution in [0.2, 0.25) is 0 Å². The summed E-state index contributed by atoms with van der Waals surface area (Å²) in [7, 11) is 0. The van der Waals surface area contributed by atoms with Gasteiger partial charge in [0.2, 0.25) is 0 Å². The number of unbranched alkanes of at least 4 members (excludes halogenated alkanes) is 15. The molecule has 0 atom stereocenters. The molecule has 0 aromatic rings. The molecule has 0 aromatic carbocycles. The van der Waals surface area contributed by atoms with Crippen molar-refractivity contribution in [3.8, 4) is 0 Å². The number of hydrogen-bond donors (Lipinski definition) is 1.